The summed E-state index contributed by atoms with van der Waals surface area (Å²) < 4.78 is 25.2. The summed E-state index contributed by atoms with van der Waals surface area (Å²) in [5.41, 5.74) is 1.18. The summed E-state index contributed by atoms with van der Waals surface area (Å²) in [6.07, 6.45) is 3.66. The first-order chi connectivity index (χ1) is 6.64. The van der Waals surface area contributed by atoms with E-state index in [1.165, 1.54) is 5.57 Å². The van der Waals surface area contributed by atoms with E-state index in [4.69, 9.17) is 0 Å². The van der Waals surface area contributed by atoms with Crippen molar-refractivity contribution in [3.63, 3.8) is 0 Å². The molecule has 0 saturated heterocycles. The Kier molecular flexibility index (Phi) is 7.17. The third-order valence-electron chi connectivity index (χ3n) is 2.15. The predicted molar refractivity (Wildman–Crippen MR) is 64.9 cm³/mol. The maximum Gasteiger partial charge on any atom is 0.211 e. The minimum absolute atomic E-state index is 0. The molecule has 1 aliphatic rings. The summed E-state index contributed by atoms with van der Waals surface area (Å²) in [5.74, 6) is 0.221. The molecule has 0 saturated carbocycles. The molecule has 90 valence electrons. The SMILES string of the molecule is CCCS(=O)(=O)NCC1=CCNCC1.Cl. The van der Waals surface area contributed by atoms with Gasteiger partial charge < -0.3 is 5.32 Å². The molecule has 4 nitrogen and oxygen atoms in total. The molecule has 0 radical (unpaired) electrons. The third-order valence-corrected chi connectivity index (χ3v) is 3.68. The molecular weight excluding hydrogens is 236 g/mol. The topological polar surface area (TPSA) is 58.2 Å². The van der Waals surface area contributed by atoms with E-state index in [1.54, 1.807) is 0 Å². The molecule has 0 unspecified atom stereocenters. The van der Waals surface area contributed by atoms with Gasteiger partial charge in [0.15, 0.2) is 0 Å². The number of nitrogens with one attached hydrogen (secondary N) is 2. The van der Waals surface area contributed by atoms with E-state index in [-0.39, 0.29) is 18.2 Å². The lowest BCUT2D eigenvalue weighted by atomic mass is 10.1. The van der Waals surface area contributed by atoms with Crippen LogP contribution in [0.2, 0.25) is 0 Å². The van der Waals surface area contributed by atoms with E-state index >= 15 is 0 Å². The Balaban J connectivity index is 0.00000196. The van der Waals surface area contributed by atoms with E-state index < -0.39 is 10.0 Å². The van der Waals surface area contributed by atoms with Crippen molar-refractivity contribution in [3.8, 4) is 0 Å². The molecule has 0 bridgehead atoms. The van der Waals surface area contributed by atoms with Gasteiger partial charge in [-0.25, -0.2) is 13.1 Å². The van der Waals surface area contributed by atoms with Crippen molar-refractivity contribution in [2.75, 3.05) is 25.4 Å². The summed E-state index contributed by atoms with van der Waals surface area (Å²) in [5, 5.41) is 3.18. The van der Waals surface area contributed by atoms with Gasteiger partial charge in [0.1, 0.15) is 0 Å². The number of hydrogen-bond donors (Lipinski definition) is 2. The smallest absolute Gasteiger partial charge is 0.211 e. The van der Waals surface area contributed by atoms with Crippen molar-refractivity contribution < 1.29 is 8.42 Å². The second-order valence-electron chi connectivity index (χ2n) is 3.46. The average Bonchev–Trinajstić information content (AvgIpc) is 2.17. The number of rotatable bonds is 5. The first-order valence-corrected chi connectivity index (χ1v) is 6.65. The van der Waals surface area contributed by atoms with Crippen LogP contribution in [0.4, 0.5) is 0 Å². The van der Waals surface area contributed by atoms with Gasteiger partial charge in [0, 0.05) is 13.1 Å². The van der Waals surface area contributed by atoms with Crippen LogP contribution in [-0.2, 0) is 10.0 Å². The van der Waals surface area contributed by atoms with Crippen LogP contribution in [0, 0.1) is 0 Å². The highest BCUT2D eigenvalue weighted by Crippen LogP contribution is 2.03. The molecule has 2 N–H and O–H groups in total. The van der Waals surface area contributed by atoms with Crippen molar-refractivity contribution in [2.45, 2.75) is 19.8 Å². The minimum Gasteiger partial charge on any atom is -0.313 e. The molecule has 15 heavy (non-hydrogen) atoms. The van der Waals surface area contributed by atoms with Gasteiger partial charge in [0.2, 0.25) is 10.0 Å². The molecule has 1 aliphatic heterocycles. The van der Waals surface area contributed by atoms with Crippen LogP contribution >= 0.6 is 12.4 Å². The summed E-state index contributed by atoms with van der Waals surface area (Å²) in [6, 6.07) is 0. The Hall–Kier alpha value is -0.100. The van der Waals surface area contributed by atoms with Crippen LogP contribution in [0.3, 0.4) is 0 Å². The van der Waals surface area contributed by atoms with E-state index in [1.807, 2.05) is 6.92 Å². The molecular formula is C9H19ClN2O2S. The van der Waals surface area contributed by atoms with Crippen LogP contribution < -0.4 is 10.0 Å². The molecule has 0 aliphatic carbocycles. The van der Waals surface area contributed by atoms with Gasteiger partial charge in [0.25, 0.3) is 0 Å². The molecule has 0 fully saturated rings. The summed E-state index contributed by atoms with van der Waals surface area (Å²) >= 11 is 0. The Morgan fingerprint density at radius 3 is 2.80 bits per heavy atom. The molecule has 0 amide bonds. The molecule has 0 aromatic rings. The number of sulfonamides is 1. The molecule has 1 rings (SSSR count). The van der Waals surface area contributed by atoms with Crippen LogP contribution in [0.1, 0.15) is 19.8 Å². The van der Waals surface area contributed by atoms with Crippen molar-refractivity contribution in [2.24, 2.45) is 0 Å². The highest BCUT2D eigenvalue weighted by Gasteiger charge is 2.09. The van der Waals surface area contributed by atoms with Crippen LogP contribution in [0.15, 0.2) is 11.6 Å². The molecule has 0 atom stereocenters. The van der Waals surface area contributed by atoms with Crippen molar-refractivity contribution in [3.05, 3.63) is 11.6 Å². The first-order valence-electron chi connectivity index (χ1n) is 5.00. The van der Waals surface area contributed by atoms with Gasteiger partial charge in [-0.2, -0.15) is 0 Å². The highest BCUT2D eigenvalue weighted by atomic mass is 35.5. The van der Waals surface area contributed by atoms with Gasteiger partial charge in [-0.05, 0) is 19.4 Å². The second-order valence-corrected chi connectivity index (χ2v) is 5.38. The zero-order chi connectivity index (χ0) is 10.4. The molecule has 0 spiro atoms. The second kappa shape index (κ2) is 7.22. The van der Waals surface area contributed by atoms with E-state index in [0.29, 0.717) is 13.0 Å². The third kappa shape index (κ3) is 6.14. The van der Waals surface area contributed by atoms with E-state index in [2.05, 4.69) is 16.1 Å². The lowest BCUT2D eigenvalue weighted by Crippen LogP contribution is -2.31. The van der Waals surface area contributed by atoms with Gasteiger partial charge >= 0.3 is 0 Å². The maximum atomic E-state index is 11.3. The fourth-order valence-corrected chi connectivity index (χ4v) is 2.46. The standard InChI is InChI=1S/C9H18N2O2S.ClH/c1-2-7-14(12,13)11-8-9-3-5-10-6-4-9;/h3,10-11H,2,4-8H2,1H3;1H. The Morgan fingerprint density at radius 2 is 2.27 bits per heavy atom. The molecule has 0 aromatic heterocycles. The quantitative estimate of drug-likeness (QED) is 0.709. The monoisotopic (exact) mass is 254 g/mol. The van der Waals surface area contributed by atoms with Crippen LogP contribution in [0.5, 0.6) is 0 Å². The van der Waals surface area contributed by atoms with Crippen LogP contribution in [-0.4, -0.2) is 33.8 Å². The van der Waals surface area contributed by atoms with E-state index in [9.17, 15) is 8.42 Å². The van der Waals surface area contributed by atoms with Crippen LogP contribution in [0.25, 0.3) is 0 Å². The summed E-state index contributed by atoms with van der Waals surface area (Å²) in [6.45, 7) is 4.14. The zero-order valence-electron chi connectivity index (χ0n) is 8.95. The maximum absolute atomic E-state index is 11.3. The highest BCUT2D eigenvalue weighted by molar-refractivity contribution is 7.89. The van der Waals surface area contributed by atoms with Gasteiger partial charge in [-0.15, -0.1) is 12.4 Å². The number of halogens is 1. The Bertz CT molecular complexity index is 301. The van der Waals surface area contributed by atoms with E-state index in [0.717, 1.165) is 19.5 Å². The lowest BCUT2D eigenvalue weighted by Gasteiger charge is -2.14. The average molecular weight is 255 g/mol. The zero-order valence-corrected chi connectivity index (χ0v) is 10.6. The summed E-state index contributed by atoms with van der Waals surface area (Å²) in [4.78, 5) is 0. The fraction of sp³-hybridized carbons (Fsp3) is 0.778. The lowest BCUT2D eigenvalue weighted by molar-refractivity contribution is 0.581. The number of hydrogen-bond acceptors (Lipinski definition) is 3. The van der Waals surface area contributed by atoms with Gasteiger partial charge in [-0.1, -0.05) is 18.6 Å². The van der Waals surface area contributed by atoms with Crippen molar-refractivity contribution >= 4 is 22.4 Å². The van der Waals surface area contributed by atoms with Gasteiger partial charge in [0.05, 0.1) is 5.75 Å². The van der Waals surface area contributed by atoms with Gasteiger partial charge in [-0.3, -0.25) is 0 Å². The first kappa shape index (κ1) is 14.9. The Morgan fingerprint density at radius 1 is 1.53 bits per heavy atom. The fourth-order valence-electron chi connectivity index (χ4n) is 1.37. The molecule has 1 heterocycles. The summed E-state index contributed by atoms with van der Waals surface area (Å²) in [7, 11) is -3.04. The predicted octanol–water partition coefficient (Wildman–Crippen LogP) is 0.657. The van der Waals surface area contributed by atoms with Crippen molar-refractivity contribution in [1.82, 2.24) is 10.0 Å². The molecule has 6 heteroatoms. The molecule has 0 aromatic carbocycles. The minimum atomic E-state index is -3.04. The normalized spacial score (nSPS) is 16.7. The largest absolute Gasteiger partial charge is 0.313 e. The Labute approximate surface area is 98.0 Å². The van der Waals surface area contributed by atoms with Crippen molar-refractivity contribution in [1.29, 1.82) is 0 Å².